The van der Waals surface area contributed by atoms with E-state index in [0.29, 0.717) is 11.6 Å². The van der Waals surface area contributed by atoms with Crippen LogP contribution in [-0.2, 0) is 25.8 Å². The molecule has 2 aromatic carbocycles. The molecule has 0 amide bonds. The van der Waals surface area contributed by atoms with E-state index in [0.717, 1.165) is 16.9 Å². The molecule has 2 aromatic rings. The number of sulfonamides is 2. The summed E-state index contributed by atoms with van der Waals surface area (Å²) in [5, 5.41) is 0. The number of para-hydroxylation sites is 1. The van der Waals surface area contributed by atoms with Gasteiger partial charge in [0, 0.05) is 0 Å². The molecule has 26 heavy (non-hydrogen) atoms. The summed E-state index contributed by atoms with van der Waals surface area (Å²) in [4.78, 5) is 0. The average Bonchev–Trinajstić information content (AvgIpc) is 2.50. The number of alkyl halides is 3. The molecule has 2 N–H and O–H groups in total. The zero-order valence-electron chi connectivity index (χ0n) is 12.8. The maximum Gasteiger partial charge on any atom is 0.516 e. The highest BCUT2D eigenvalue weighted by molar-refractivity contribution is 7.93. The summed E-state index contributed by atoms with van der Waals surface area (Å²) < 4.78 is 101. The molecule has 0 unspecified atom stereocenters. The second-order valence-electron chi connectivity index (χ2n) is 5.06. The average molecular weight is 412 g/mol. The van der Waals surface area contributed by atoms with E-state index in [-0.39, 0.29) is 0 Å². The van der Waals surface area contributed by atoms with Crippen LogP contribution in [0, 0.1) is 5.82 Å². The maximum atomic E-state index is 13.8. The van der Waals surface area contributed by atoms with Crippen LogP contribution in [0.3, 0.4) is 0 Å². The predicted octanol–water partition coefficient (Wildman–Crippen LogP) is 3.03. The molecule has 0 spiro atoms. The number of hydrogen-bond donors (Lipinski definition) is 2. The summed E-state index contributed by atoms with van der Waals surface area (Å²) in [6.45, 7) is 0. The smallest absolute Gasteiger partial charge is 0.281 e. The van der Waals surface area contributed by atoms with Crippen molar-refractivity contribution >= 4 is 31.4 Å². The number of anilines is 2. The second-order valence-corrected chi connectivity index (χ2v) is 8.46. The van der Waals surface area contributed by atoms with Crippen molar-refractivity contribution in [1.82, 2.24) is 0 Å². The van der Waals surface area contributed by atoms with Crippen molar-refractivity contribution in [3.63, 3.8) is 0 Å². The van der Waals surface area contributed by atoms with Gasteiger partial charge in [-0.1, -0.05) is 36.4 Å². The summed E-state index contributed by atoms with van der Waals surface area (Å²) in [7, 11) is -10.1. The number of hydrogen-bond acceptors (Lipinski definition) is 4. The number of nitrogens with one attached hydrogen (secondary N) is 2. The van der Waals surface area contributed by atoms with Gasteiger partial charge in [-0.15, -0.1) is 0 Å². The van der Waals surface area contributed by atoms with E-state index in [2.05, 4.69) is 0 Å². The SMILES string of the molecule is O=S(=O)(Cc1ccccc1)Nc1cccc(F)c1NS(=O)(=O)C(F)(F)F. The van der Waals surface area contributed by atoms with Gasteiger partial charge < -0.3 is 0 Å². The van der Waals surface area contributed by atoms with Gasteiger partial charge in [0.2, 0.25) is 10.0 Å². The molecule has 0 aromatic heterocycles. The first kappa shape index (κ1) is 20.0. The van der Waals surface area contributed by atoms with E-state index in [4.69, 9.17) is 0 Å². The minimum atomic E-state index is -5.94. The van der Waals surface area contributed by atoms with Crippen LogP contribution in [0.4, 0.5) is 28.9 Å². The molecule has 0 aliphatic rings. The topological polar surface area (TPSA) is 92.3 Å². The highest BCUT2D eigenvalue weighted by Gasteiger charge is 2.46. The summed E-state index contributed by atoms with van der Waals surface area (Å²) in [6.07, 6.45) is 0. The van der Waals surface area contributed by atoms with Crippen molar-refractivity contribution in [2.24, 2.45) is 0 Å². The standard InChI is InChI=1S/C14H12F4N2O4S2/c15-11-7-4-8-12(13(11)20-26(23,24)14(16,17)18)19-25(21,22)9-10-5-2-1-3-6-10/h1-8,19-20H,9H2. The first-order chi connectivity index (χ1) is 11.9. The number of halogens is 4. The molecule has 6 nitrogen and oxygen atoms in total. The maximum absolute atomic E-state index is 13.8. The van der Waals surface area contributed by atoms with Gasteiger partial charge in [0.05, 0.1) is 11.4 Å². The van der Waals surface area contributed by atoms with Crippen molar-refractivity contribution in [2.75, 3.05) is 9.44 Å². The Morgan fingerprint density at radius 2 is 1.46 bits per heavy atom. The summed E-state index contributed by atoms with van der Waals surface area (Å²) in [5.74, 6) is -1.92. The van der Waals surface area contributed by atoms with Gasteiger partial charge in [-0.2, -0.15) is 21.6 Å². The number of rotatable bonds is 6. The van der Waals surface area contributed by atoms with Crippen molar-refractivity contribution < 1.29 is 34.4 Å². The quantitative estimate of drug-likeness (QED) is 0.714. The fraction of sp³-hybridized carbons (Fsp3) is 0.143. The molecule has 0 saturated heterocycles. The van der Waals surface area contributed by atoms with E-state index in [9.17, 15) is 34.4 Å². The lowest BCUT2D eigenvalue weighted by molar-refractivity contribution is -0.0429. The largest absolute Gasteiger partial charge is 0.516 e. The molecule has 2 rings (SSSR count). The fourth-order valence-electron chi connectivity index (χ4n) is 1.90. The minimum absolute atomic E-state index is 0.369. The van der Waals surface area contributed by atoms with Gasteiger partial charge in [0.1, 0.15) is 11.5 Å². The van der Waals surface area contributed by atoms with Gasteiger partial charge in [-0.05, 0) is 17.7 Å². The molecule has 0 aliphatic heterocycles. The first-order valence-electron chi connectivity index (χ1n) is 6.83. The molecule has 0 atom stereocenters. The molecule has 0 heterocycles. The van der Waals surface area contributed by atoms with E-state index >= 15 is 0 Å². The first-order valence-corrected chi connectivity index (χ1v) is 9.97. The second kappa shape index (κ2) is 7.11. The molecule has 0 aliphatic carbocycles. The molecule has 12 heteroatoms. The Kier molecular flexibility index (Phi) is 5.47. The Morgan fingerprint density at radius 1 is 0.846 bits per heavy atom. The highest BCUT2D eigenvalue weighted by atomic mass is 32.2. The molecule has 0 bridgehead atoms. The highest BCUT2D eigenvalue weighted by Crippen LogP contribution is 2.32. The van der Waals surface area contributed by atoms with Crippen LogP contribution in [0.15, 0.2) is 48.5 Å². The van der Waals surface area contributed by atoms with Crippen molar-refractivity contribution in [3.05, 3.63) is 59.9 Å². The van der Waals surface area contributed by atoms with Gasteiger partial charge in [0.25, 0.3) is 0 Å². The van der Waals surface area contributed by atoms with Crippen LogP contribution in [0.1, 0.15) is 5.56 Å². The molecular weight excluding hydrogens is 400 g/mol. The van der Waals surface area contributed by atoms with Crippen molar-refractivity contribution in [2.45, 2.75) is 11.3 Å². The van der Waals surface area contributed by atoms with E-state index in [1.807, 2.05) is 4.72 Å². The summed E-state index contributed by atoms with van der Waals surface area (Å²) >= 11 is 0. The Balaban J connectivity index is 2.35. The van der Waals surface area contributed by atoms with Crippen LogP contribution >= 0.6 is 0 Å². The fourth-order valence-corrected chi connectivity index (χ4v) is 3.70. The van der Waals surface area contributed by atoms with Crippen LogP contribution in [-0.4, -0.2) is 22.3 Å². The van der Waals surface area contributed by atoms with Gasteiger partial charge in [0.15, 0.2) is 0 Å². The van der Waals surface area contributed by atoms with Gasteiger partial charge >= 0.3 is 15.5 Å². The van der Waals surface area contributed by atoms with Crippen LogP contribution in [0.25, 0.3) is 0 Å². The monoisotopic (exact) mass is 412 g/mol. The molecule has 0 saturated carbocycles. The van der Waals surface area contributed by atoms with Crippen LogP contribution < -0.4 is 9.44 Å². The van der Waals surface area contributed by atoms with E-state index in [1.165, 1.54) is 12.1 Å². The minimum Gasteiger partial charge on any atom is -0.281 e. The van der Waals surface area contributed by atoms with Crippen molar-refractivity contribution in [1.29, 1.82) is 0 Å². The molecule has 0 fully saturated rings. The zero-order valence-corrected chi connectivity index (χ0v) is 14.4. The summed E-state index contributed by atoms with van der Waals surface area (Å²) in [5.41, 5.74) is -7.15. The zero-order chi connectivity index (χ0) is 19.6. The van der Waals surface area contributed by atoms with Crippen molar-refractivity contribution in [3.8, 4) is 0 Å². The molecule has 0 radical (unpaired) electrons. The van der Waals surface area contributed by atoms with Crippen LogP contribution in [0.2, 0.25) is 0 Å². The third-order valence-electron chi connectivity index (χ3n) is 3.02. The van der Waals surface area contributed by atoms with Gasteiger partial charge in [-0.3, -0.25) is 9.44 Å². The normalized spacial score (nSPS) is 12.6. The summed E-state index contributed by atoms with van der Waals surface area (Å²) in [6, 6.07) is 10.4. The lowest BCUT2D eigenvalue weighted by Gasteiger charge is -2.16. The Hall–Kier alpha value is -2.34. The van der Waals surface area contributed by atoms with Gasteiger partial charge in [-0.25, -0.2) is 12.8 Å². The Morgan fingerprint density at radius 3 is 2.04 bits per heavy atom. The molecule has 142 valence electrons. The Bertz CT molecular complexity index is 991. The molecular formula is C14H12F4N2O4S2. The third kappa shape index (κ3) is 4.85. The lowest BCUT2D eigenvalue weighted by Crippen LogP contribution is -2.31. The number of benzene rings is 2. The third-order valence-corrected chi connectivity index (χ3v) is 5.35. The predicted molar refractivity (Wildman–Crippen MR) is 87.7 cm³/mol. The van der Waals surface area contributed by atoms with Crippen LogP contribution in [0.5, 0.6) is 0 Å². The van der Waals surface area contributed by atoms with E-state index in [1.54, 1.807) is 18.2 Å². The lowest BCUT2D eigenvalue weighted by atomic mass is 10.2. The Labute approximate surface area is 147 Å². The van der Waals surface area contributed by atoms with E-state index < -0.39 is 48.5 Å².